The van der Waals surface area contributed by atoms with Gasteiger partial charge in [0.05, 0.1) is 11.9 Å². The number of hydrogen-bond acceptors (Lipinski definition) is 7. The second-order valence-electron chi connectivity index (χ2n) is 5.95. The molecule has 0 fully saturated rings. The van der Waals surface area contributed by atoms with Gasteiger partial charge in [-0.05, 0) is 25.3 Å². The number of fused-ring (bicyclic) bond motifs is 1. The maximum absolute atomic E-state index is 12.6. The highest BCUT2D eigenvalue weighted by atomic mass is 32.2. The molecule has 8 heteroatoms. The summed E-state index contributed by atoms with van der Waals surface area (Å²) < 4.78 is 4.90. The first-order valence-electron chi connectivity index (χ1n) is 8.74. The smallest absolute Gasteiger partial charge is 0.343 e. The zero-order chi connectivity index (χ0) is 20.1. The van der Waals surface area contributed by atoms with Gasteiger partial charge in [0.1, 0.15) is 11.4 Å². The normalized spacial score (nSPS) is 11.8. The molecule has 3 N–H and O–H groups in total. The first-order chi connectivity index (χ1) is 13.5. The zero-order valence-electron chi connectivity index (χ0n) is 15.5. The number of nitrogens with one attached hydrogen (secondary N) is 1. The molecule has 0 bridgehead atoms. The molecule has 1 atom stereocenters. The molecule has 1 aromatic heterocycles. The Bertz CT molecular complexity index is 1020. The van der Waals surface area contributed by atoms with Crippen LogP contribution in [0.2, 0.25) is 0 Å². The van der Waals surface area contributed by atoms with Crippen LogP contribution < -0.4 is 11.1 Å². The molecule has 0 aliphatic heterocycles. The summed E-state index contributed by atoms with van der Waals surface area (Å²) in [4.78, 5) is 32.6. The third kappa shape index (κ3) is 4.40. The van der Waals surface area contributed by atoms with E-state index in [0.717, 1.165) is 28.2 Å². The topological polar surface area (TPSA) is 107 Å². The lowest BCUT2D eigenvalue weighted by Gasteiger charge is -2.13. The van der Waals surface area contributed by atoms with Crippen molar-refractivity contribution in [3.05, 3.63) is 54.2 Å². The number of esters is 1. The van der Waals surface area contributed by atoms with Crippen LogP contribution in [-0.4, -0.2) is 33.7 Å². The molecule has 0 saturated heterocycles. The van der Waals surface area contributed by atoms with Crippen LogP contribution in [0.25, 0.3) is 10.8 Å². The molecule has 0 saturated carbocycles. The number of ether oxygens (including phenoxy) is 1. The number of aromatic nitrogens is 2. The van der Waals surface area contributed by atoms with E-state index in [4.69, 9.17) is 10.5 Å². The number of thioether (sulfide) groups is 1. The second kappa shape index (κ2) is 8.71. The highest BCUT2D eigenvalue weighted by Gasteiger charge is 2.19. The van der Waals surface area contributed by atoms with Gasteiger partial charge < -0.3 is 15.8 Å². The lowest BCUT2D eigenvalue weighted by atomic mass is 10.1. The van der Waals surface area contributed by atoms with E-state index in [9.17, 15) is 9.59 Å². The number of nitrogens with two attached hydrogens (primary N) is 1. The zero-order valence-corrected chi connectivity index (χ0v) is 16.3. The van der Waals surface area contributed by atoms with E-state index in [1.165, 1.54) is 6.20 Å². The van der Waals surface area contributed by atoms with Crippen molar-refractivity contribution < 1.29 is 14.3 Å². The lowest BCUT2D eigenvalue weighted by Crippen LogP contribution is -2.23. The predicted octanol–water partition coefficient (Wildman–Crippen LogP) is 3.51. The minimum absolute atomic E-state index is 0.0256. The van der Waals surface area contributed by atoms with Gasteiger partial charge in [0.2, 0.25) is 5.91 Å². The molecule has 0 aliphatic rings. The average molecular weight is 396 g/mol. The van der Waals surface area contributed by atoms with Crippen LogP contribution in [0, 0.1) is 0 Å². The Balaban J connectivity index is 1.70. The van der Waals surface area contributed by atoms with Crippen molar-refractivity contribution in [2.45, 2.75) is 24.3 Å². The quantitative estimate of drug-likeness (QED) is 0.373. The van der Waals surface area contributed by atoms with E-state index in [1.54, 1.807) is 13.8 Å². The van der Waals surface area contributed by atoms with E-state index in [1.807, 2.05) is 42.5 Å². The van der Waals surface area contributed by atoms with Gasteiger partial charge in [-0.3, -0.25) is 4.79 Å². The Hall–Kier alpha value is -3.13. The summed E-state index contributed by atoms with van der Waals surface area (Å²) in [6.45, 7) is 3.69. The highest BCUT2D eigenvalue weighted by Crippen LogP contribution is 2.26. The highest BCUT2D eigenvalue weighted by molar-refractivity contribution is 8.00. The molecule has 3 aromatic rings. The molecule has 28 heavy (non-hydrogen) atoms. The minimum Gasteiger partial charge on any atom is -0.462 e. The first kappa shape index (κ1) is 19.6. The number of anilines is 2. The number of nitrogen functional groups attached to an aromatic ring is 1. The van der Waals surface area contributed by atoms with Gasteiger partial charge in [-0.25, -0.2) is 14.8 Å². The molecule has 1 amide bonds. The largest absolute Gasteiger partial charge is 0.462 e. The lowest BCUT2D eigenvalue weighted by molar-refractivity contribution is -0.115. The molecule has 144 valence electrons. The standard InChI is InChI=1S/C20H20N4O3S/c1-3-27-19(26)15-11-22-20(24-17(15)21)28-12(2)18(25)23-16-10-6-8-13-7-4-5-9-14(13)16/h4-12H,3H2,1-2H3,(H,23,25)(H2,21,22,24)/t12-/m0/s1. The van der Waals surface area contributed by atoms with Crippen molar-refractivity contribution in [3.63, 3.8) is 0 Å². The first-order valence-corrected chi connectivity index (χ1v) is 9.62. The van der Waals surface area contributed by atoms with E-state index in [2.05, 4.69) is 15.3 Å². The maximum atomic E-state index is 12.6. The molecule has 2 aromatic carbocycles. The maximum Gasteiger partial charge on any atom is 0.343 e. The molecule has 7 nitrogen and oxygen atoms in total. The summed E-state index contributed by atoms with van der Waals surface area (Å²) >= 11 is 1.16. The van der Waals surface area contributed by atoms with Crippen LogP contribution in [0.4, 0.5) is 11.5 Å². The molecule has 0 unspecified atom stereocenters. The SMILES string of the molecule is CCOC(=O)c1cnc(S[C@@H](C)C(=O)Nc2cccc3ccccc23)nc1N. The number of amides is 1. The monoisotopic (exact) mass is 396 g/mol. The molecule has 0 aliphatic carbocycles. The van der Waals surface area contributed by atoms with Gasteiger partial charge in [-0.15, -0.1) is 0 Å². The Kier molecular flexibility index (Phi) is 6.10. The van der Waals surface area contributed by atoms with E-state index in [0.29, 0.717) is 5.16 Å². The fraction of sp³-hybridized carbons (Fsp3) is 0.200. The van der Waals surface area contributed by atoms with Crippen molar-refractivity contribution in [2.24, 2.45) is 0 Å². The van der Waals surface area contributed by atoms with Crippen molar-refractivity contribution in [2.75, 3.05) is 17.7 Å². The summed E-state index contributed by atoms with van der Waals surface area (Å²) in [6, 6.07) is 13.6. The fourth-order valence-electron chi connectivity index (χ4n) is 2.58. The second-order valence-corrected chi connectivity index (χ2v) is 7.26. The summed E-state index contributed by atoms with van der Waals surface area (Å²) in [5, 5.41) is 4.81. The third-order valence-electron chi connectivity index (χ3n) is 3.99. The van der Waals surface area contributed by atoms with Gasteiger partial charge in [0.15, 0.2) is 5.16 Å². The molecule has 0 radical (unpaired) electrons. The summed E-state index contributed by atoms with van der Waals surface area (Å²) in [7, 11) is 0. The van der Waals surface area contributed by atoms with Crippen LogP contribution in [0.15, 0.2) is 53.8 Å². The Morgan fingerprint density at radius 1 is 1.21 bits per heavy atom. The molecule has 0 spiro atoms. The van der Waals surface area contributed by atoms with E-state index in [-0.39, 0.29) is 23.9 Å². The number of nitrogens with zero attached hydrogens (tertiary/aromatic N) is 2. The van der Waals surface area contributed by atoms with Crippen molar-refractivity contribution in [1.82, 2.24) is 9.97 Å². The predicted molar refractivity (Wildman–Crippen MR) is 110 cm³/mol. The van der Waals surface area contributed by atoms with E-state index < -0.39 is 11.2 Å². The van der Waals surface area contributed by atoms with Gasteiger partial charge in [0, 0.05) is 17.3 Å². The van der Waals surface area contributed by atoms with Crippen LogP contribution in [0.3, 0.4) is 0 Å². The van der Waals surface area contributed by atoms with Crippen LogP contribution in [0.5, 0.6) is 0 Å². The number of hydrogen-bond donors (Lipinski definition) is 2. The van der Waals surface area contributed by atoms with Crippen molar-refractivity contribution >= 4 is 45.9 Å². The minimum atomic E-state index is -0.571. The fourth-order valence-corrected chi connectivity index (χ4v) is 3.33. The number of carbonyl (C=O) groups is 2. The number of benzene rings is 2. The molecular weight excluding hydrogens is 376 g/mol. The summed E-state index contributed by atoms with van der Waals surface area (Å²) in [5.74, 6) is -0.728. The summed E-state index contributed by atoms with van der Waals surface area (Å²) in [5.41, 5.74) is 6.68. The van der Waals surface area contributed by atoms with Gasteiger partial charge >= 0.3 is 5.97 Å². The molecule has 1 heterocycles. The van der Waals surface area contributed by atoms with Crippen molar-refractivity contribution in [1.29, 1.82) is 0 Å². The summed E-state index contributed by atoms with van der Waals surface area (Å²) in [6.07, 6.45) is 1.32. The van der Waals surface area contributed by atoms with E-state index >= 15 is 0 Å². The van der Waals surface area contributed by atoms with Gasteiger partial charge in [-0.2, -0.15) is 0 Å². The van der Waals surface area contributed by atoms with Crippen LogP contribution >= 0.6 is 11.8 Å². The Morgan fingerprint density at radius 3 is 2.71 bits per heavy atom. The van der Waals surface area contributed by atoms with Gasteiger partial charge in [-0.1, -0.05) is 48.2 Å². The Labute approximate surface area is 166 Å². The third-order valence-corrected chi connectivity index (χ3v) is 4.97. The molecule has 3 rings (SSSR count). The van der Waals surface area contributed by atoms with Crippen LogP contribution in [-0.2, 0) is 9.53 Å². The average Bonchev–Trinajstić information content (AvgIpc) is 2.68. The Morgan fingerprint density at radius 2 is 1.96 bits per heavy atom. The van der Waals surface area contributed by atoms with Crippen molar-refractivity contribution in [3.8, 4) is 0 Å². The molecular formula is C20H20N4O3S. The number of carbonyl (C=O) groups excluding carboxylic acids is 2. The van der Waals surface area contributed by atoms with Gasteiger partial charge in [0.25, 0.3) is 0 Å². The number of rotatable bonds is 6. The van der Waals surface area contributed by atoms with Crippen LogP contribution in [0.1, 0.15) is 24.2 Å².